The van der Waals surface area contributed by atoms with Gasteiger partial charge in [0.05, 0.1) is 24.4 Å². The van der Waals surface area contributed by atoms with Crippen LogP contribution < -0.4 is 0 Å². The Bertz CT molecular complexity index is 975. The molecule has 0 atom stereocenters. The van der Waals surface area contributed by atoms with Crippen molar-refractivity contribution in [3.63, 3.8) is 0 Å². The molecule has 28 heavy (non-hydrogen) atoms. The molecule has 0 aliphatic heterocycles. The zero-order chi connectivity index (χ0) is 20.3. The number of pyridine rings is 1. The van der Waals surface area contributed by atoms with Gasteiger partial charge in [0.25, 0.3) is 0 Å². The van der Waals surface area contributed by atoms with Gasteiger partial charge in [-0.15, -0.1) is 0 Å². The van der Waals surface area contributed by atoms with E-state index in [1.165, 1.54) is 18.2 Å². The molecule has 0 radical (unpaired) electrons. The number of hydrogen-bond donors (Lipinski definition) is 0. The molecule has 1 heterocycles. The average molecular weight is 399 g/mol. The second-order valence-corrected chi connectivity index (χ2v) is 7.26. The highest BCUT2D eigenvalue weighted by Gasteiger charge is 2.30. The molecular formula is C21H22FN3O2S. The van der Waals surface area contributed by atoms with E-state index in [0.29, 0.717) is 35.2 Å². The third-order valence-electron chi connectivity index (χ3n) is 4.86. The molecule has 1 saturated carbocycles. The second kappa shape index (κ2) is 8.63. The number of rotatable bonds is 7. The van der Waals surface area contributed by atoms with Crippen molar-refractivity contribution in [2.75, 3.05) is 6.61 Å². The maximum Gasteiger partial charge on any atom is 0.339 e. The summed E-state index contributed by atoms with van der Waals surface area (Å²) in [5, 5.41) is 9.46. The molecule has 0 unspecified atom stereocenters. The van der Waals surface area contributed by atoms with E-state index in [1.807, 2.05) is 11.5 Å². The monoisotopic (exact) mass is 399 g/mol. The minimum Gasteiger partial charge on any atom is -0.462 e. The standard InChI is InChI=1S/C21H22FN3O2S/c1-3-27-21(26)19-10-16(11-23)20(28)25(14(19)2)13-24(18-8-9-18)12-15-4-6-17(22)7-5-15/h4-7,10,18H,3,8-9,12-13H2,1-2H3. The van der Waals surface area contributed by atoms with E-state index in [9.17, 15) is 14.4 Å². The molecule has 1 aromatic carbocycles. The number of carbonyl (C=O) groups excluding carboxylic acids is 1. The number of carbonyl (C=O) groups is 1. The molecule has 1 aromatic heterocycles. The lowest BCUT2D eigenvalue weighted by atomic mass is 10.1. The van der Waals surface area contributed by atoms with E-state index in [1.54, 1.807) is 19.1 Å². The molecular weight excluding hydrogens is 377 g/mol. The number of hydrogen-bond acceptors (Lipinski definition) is 5. The van der Waals surface area contributed by atoms with Gasteiger partial charge >= 0.3 is 5.97 Å². The minimum atomic E-state index is -0.461. The van der Waals surface area contributed by atoms with Gasteiger partial charge in [-0.05, 0) is 50.5 Å². The van der Waals surface area contributed by atoms with Gasteiger partial charge in [-0.2, -0.15) is 5.26 Å². The van der Waals surface area contributed by atoms with E-state index in [4.69, 9.17) is 17.0 Å². The van der Waals surface area contributed by atoms with Crippen molar-refractivity contribution in [2.45, 2.75) is 45.9 Å². The van der Waals surface area contributed by atoms with E-state index in [0.717, 1.165) is 18.4 Å². The maximum absolute atomic E-state index is 13.2. The van der Waals surface area contributed by atoms with E-state index in [-0.39, 0.29) is 18.0 Å². The molecule has 5 nitrogen and oxygen atoms in total. The lowest BCUT2D eigenvalue weighted by Gasteiger charge is -2.26. The van der Waals surface area contributed by atoms with Crippen molar-refractivity contribution in [3.8, 4) is 6.07 Å². The maximum atomic E-state index is 13.2. The Morgan fingerprint density at radius 2 is 2.07 bits per heavy atom. The first-order chi connectivity index (χ1) is 13.4. The summed E-state index contributed by atoms with van der Waals surface area (Å²) in [7, 11) is 0. The van der Waals surface area contributed by atoms with Crippen LogP contribution in [0, 0.1) is 28.7 Å². The van der Waals surface area contributed by atoms with Crippen LogP contribution in [0.5, 0.6) is 0 Å². The van der Waals surface area contributed by atoms with Gasteiger partial charge in [-0.25, -0.2) is 9.18 Å². The van der Waals surface area contributed by atoms with Crippen molar-refractivity contribution in [1.29, 1.82) is 5.26 Å². The van der Waals surface area contributed by atoms with Crippen LogP contribution in [0.2, 0.25) is 0 Å². The van der Waals surface area contributed by atoms with Gasteiger partial charge in [0.1, 0.15) is 16.5 Å². The number of esters is 1. The van der Waals surface area contributed by atoms with Crippen LogP contribution in [0.1, 0.15) is 46.9 Å². The van der Waals surface area contributed by atoms with Gasteiger partial charge in [0, 0.05) is 18.3 Å². The van der Waals surface area contributed by atoms with Crippen LogP contribution in [-0.4, -0.2) is 28.1 Å². The molecule has 1 fully saturated rings. The zero-order valence-corrected chi connectivity index (χ0v) is 16.8. The number of nitrogens with zero attached hydrogens (tertiary/aromatic N) is 3. The molecule has 0 amide bonds. The average Bonchev–Trinajstić information content (AvgIpc) is 3.51. The first kappa shape index (κ1) is 20.2. The molecule has 0 N–H and O–H groups in total. The van der Waals surface area contributed by atoms with Gasteiger partial charge in [0.15, 0.2) is 0 Å². The Kier molecular flexibility index (Phi) is 6.22. The van der Waals surface area contributed by atoms with Crippen molar-refractivity contribution in [3.05, 3.63) is 63.2 Å². The predicted molar refractivity (Wildman–Crippen MR) is 106 cm³/mol. The normalized spacial score (nSPS) is 13.4. The lowest BCUT2D eigenvalue weighted by Crippen LogP contribution is -2.30. The van der Waals surface area contributed by atoms with Crippen molar-refractivity contribution in [1.82, 2.24) is 9.47 Å². The quantitative estimate of drug-likeness (QED) is 0.512. The van der Waals surface area contributed by atoms with Crippen molar-refractivity contribution in [2.24, 2.45) is 0 Å². The first-order valence-electron chi connectivity index (χ1n) is 9.24. The van der Waals surface area contributed by atoms with Crippen LogP contribution in [0.15, 0.2) is 30.3 Å². The summed E-state index contributed by atoms with van der Waals surface area (Å²) in [6.07, 6.45) is 2.16. The summed E-state index contributed by atoms with van der Waals surface area (Å²) in [5.74, 6) is -0.725. The molecule has 0 saturated heterocycles. The van der Waals surface area contributed by atoms with E-state index < -0.39 is 5.97 Å². The minimum absolute atomic E-state index is 0.258. The summed E-state index contributed by atoms with van der Waals surface area (Å²) in [5.41, 5.74) is 2.30. The third kappa shape index (κ3) is 4.46. The Balaban J connectivity index is 1.95. The van der Waals surface area contributed by atoms with Gasteiger partial charge in [0.2, 0.25) is 0 Å². The van der Waals surface area contributed by atoms with Crippen LogP contribution in [0.3, 0.4) is 0 Å². The fraction of sp³-hybridized carbons (Fsp3) is 0.381. The number of nitriles is 1. The second-order valence-electron chi connectivity index (χ2n) is 6.87. The van der Waals surface area contributed by atoms with Crippen LogP contribution >= 0.6 is 12.2 Å². The summed E-state index contributed by atoms with van der Waals surface area (Å²) in [4.78, 5) is 14.6. The lowest BCUT2D eigenvalue weighted by molar-refractivity contribution is 0.0523. The number of aromatic nitrogens is 1. The van der Waals surface area contributed by atoms with Crippen LogP contribution in [-0.2, 0) is 18.0 Å². The number of halogens is 1. The zero-order valence-electron chi connectivity index (χ0n) is 15.9. The van der Waals surface area contributed by atoms with E-state index in [2.05, 4.69) is 11.0 Å². The van der Waals surface area contributed by atoms with Crippen LogP contribution in [0.25, 0.3) is 0 Å². The molecule has 1 aliphatic carbocycles. The topological polar surface area (TPSA) is 58.3 Å². The number of ether oxygens (including phenoxy) is 1. The van der Waals surface area contributed by atoms with Crippen LogP contribution in [0.4, 0.5) is 4.39 Å². The molecule has 1 aliphatic rings. The fourth-order valence-corrected chi connectivity index (χ4v) is 3.46. The molecule has 0 bridgehead atoms. The third-order valence-corrected chi connectivity index (χ3v) is 5.30. The highest BCUT2D eigenvalue weighted by Crippen LogP contribution is 2.29. The summed E-state index contributed by atoms with van der Waals surface area (Å²) >= 11 is 5.51. The van der Waals surface area contributed by atoms with Crippen molar-refractivity contribution < 1.29 is 13.9 Å². The largest absolute Gasteiger partial charge is 0.462 e. The Hall–Kier alpha value is -2.56. The summed E-state index contributed by atoms with van der Waals surface area (Å²) in [6.45, 7) is 4.90. The van der Waals surface area contributed by atoms with Gasteiger partial charge in [-0.3, -0.25) is 4.90 Å². The molecule has 2 aromatic rings. The molecule has 146 valence electrons. The Morgan fingerprint density at radius 1 is 1.39 bits per heavy atom. The highest BCUT2D eigenvalue weighted by molar-refractivity contribution is 7.71. The van der Waals surface area contributed by atoms with E-state index >= 15 is 0 Å². The van der Waals surface area contributed by atoms with Gasteiger partial charge in [-0.1, -0.05) is 24.4 Å². The Labute approximate surface area is 169 Å². The highest BCUT2D eigenvalue weighted by atomic mass is 32.1. The van der Waals surface area contributed by atoms with Gasteiger partial charge < -0.3 is 9.30 Å². The fourth-order valence-electron chi connectivity index (χ4n) is 3.16. The Morgan fingerprint density at radius 3 is 2.64 bits per heavy atom. The molecule has 0 spiro atoms. The van der Waals surface area contributed by atoms with Crippen molar-refractivity contribution >= 4 is 18.2 Å². The smallest absolute Gasteiger partial charge is 0.339 e. The first-order valence-corrected chi connectivity index (χ1v) is 9.65. The molecule has 7 heteroatoms. The SMILES string of the molecule is CCOC(=O)c1cc(C#N)c(=S)n(CN(Cc2ccc(F)cc2)C2CC2)c1C. The number of benzene rings is 1. The summed E-state index contributed by atoms with van der Waals surface area (Å²) in [6, 6.07) is 10.4. The molecule has 3 rings (SSSR count). The summed E-state index contributed by atoms with van der Waals surface area (Å²) < 4.78 is 20.6. The predicted octanol–water partition coefficient (Wildman–Crippen LogP) is 4.34.